The second-order valence-electron chi connectivity index (χ2n) is 4.39. The van der Waals surface area contributed by atoms with E-state index in [1.54, 1.807) is 7.11 Å². The van der Waals surface area contributed by atoms with E-state index >= 15 is 0 Å². The summed E-state index contributed by atoms with van der Waals surface area (Å²) in [5, 5.41) is 6.29. The van der Waals surface area contributed by atoms with Crippen LogP contribution >= 0.6 is 0 Å². The van der Waals surface area contributed by atoms with Gasteiger partial charge in [0.25, 0.3) is 0 Å². The van der Waals surface area contributed by atoms with E-state index in [4.69, 9.17) is 4.74 Å². The van der Waals surface area contributed by atoms with Crippen LogP contribution in [0.1, 0.15) is 19.3 Å². The van der Waals surface area contributed by atoms with Gasteiger partial charge in [-0.2, -0.15) is 0 Å². The molecule has 1 atom stereocenters. The molecule has 0 bridgehead atoms. The zero-order valence-corrected chi connectivity index (χ0v) is 8.64. The number of carbonyl (C=O) groups excluding carboxylic acids is 1. The molecule has 80 valence electrons. The first-order valence-electron chi connectivity index (χ1n) is 5.27. The number of amides is 1. The quantitative estimate of drug-likeness (QED) is 0.663. The van der Waals surface area contributed by atoms with Crippen molar-refractivity contribution in [3.8, 4) is 0 Å². The number of ether oxygens (including phenoxy) is 1. The first-order valence-corrected chi connectivity index (χ1v) is 5.27. The fourth-order valence-electron chi connectivity index (χ4n) is 1.97. The first-order chi connectivity index (χ1) is 6.77. The average Bonchev–Trinajstić information content (AvgIpc) is 2.83. The minimum Gasteiger partial charge on any atom is -0.384 e. The second kappa shape index (κ2) is 3.87. The molecular formula is C10H18N2O2. The van der Waals surface area contributed by atoms with Crippen molar-refractivity contribution in [2.75, 3.05) is 26.8 Å². The number of methoxy groups -OCH3 is 1. The Hall–Kier alpha value is -0.610. The van der Waals surface area contributed by atoms with Crippen LogP contribution in [0.15, 0.2) is 0 Å². The van der Waals surface area contributed by atoms with Crippen molar-refractivity contribution in [1.82, 2.24) is 10.6 Å². The van der Waals surface area contributed by atoms with Crippen LogP contribution in [0, 0.1) is 5.41 Å². The molecule has 2 aliphatic rings. The van der Waals surface area contributed by atoms with Crippen molar-refractivity contribution < 1.29 is 9.53 Å². The van der Waals surface area contributed by atoms with Crippen molar-refractivity contribution >= 4 is 5.91 Å². The van der Waals surface area contributed by atoms with Crippen LogP contribution in [0.25, 0.3) is 0 Å². The van der Waals surface area contributed by atoms with Crippen LogP contribution in [0.5, 0.6) is 0 Å². The Kier molecular flexibility index (Phi) is 2.74. The van der Waals surface area contributed by atoms with Crippen molar-refractivity contribution in [3.05, 3.63) is 0 Å². The third kappa shape index (κ3) is 1.91. The summed E-state index contributed by atoms with van der Waals surface area (Å²) in [5.41, 5.74) is -0.308. The van der Waals surface area contributed by atoms with Gasteiger partial charge in [0, 0.05) is 19.7 Å². The molecule has 1 amide bonds. The molecule has 0 radical (unpaired) electrons. The molecule has 1 aliphatic carbocycles. The lowest BCUT2D eigenvalue weighted by molar-refractivity contribution is -0.133. The van der Waals surface area contributed by atoms with Crippen LogP contribution in [0.4, 0.5) is 0 Å². The van der Waals surface area contributed by atoms with E-state index in [-0.39, 0.29) is 11.3 Å². The van der Waals surface area contributed by atoms with Gasteiger partial charge in [0.1, 0.15) is 0 Å². The molecule has 4 nitrogen and oxygen atoms in total. The van der Waals surface area contributed by atoms with Crippen LogP contribution in [-0.4, -0.2) is 38.8 Å². The highest BCUT2D eigenvalue weighted by atomic mass is 16.5. The molecule has 1 aliphatic heterocycles. The molecule has 1 saturated heterocycles. The highest BCUT2D eigenvalue weighted by Crippen LogP contribution is 2.28. The van der Waals surface area contributed by atoms with Crippen LogP contribution < -0.4 is 10.6 Å². The Morgan fingerprint density at radius 2 is 2.43 bits per heavy atom. The van der Waals surface area contributed by atoms with Gasteiger partial charge < -0.3 is 15.4 Å². The van der Waals surface area contributed by atoms with Crippen LogP contribution in [0.3, 0.4) is 0 Å². The minimum absolute atomic E-state index is 0.173. The molecule has 14 heavy (non-hydrogen) atoms. The maximum atomic E-state index is 12.0. The standard InChI is InChI=1S/C10H18N2O2/c1-14-7-10(4-5-11-6-10)9(13)12-8-2-3-8/h8,11H,2-7H2,1H3,(H,12,13)/t10-/m1/s1. The largest absolute Gasteiger partial charge is 0.384 e. The third-order valence-corrected chi connectivity index (χ3v) is 3.06. The molecule has 2 N–H and O–H groups in total. The highest BCUT2D eigenvalue weighted by molar-refractivity contribution is 5.84. The predicted octanol–water partition coefficient (Wildman–Crippen LogP) is -0.109. The predicted molar refractivity (Wildman–Crippen MR) is 53.0 cm³/mol. The van der Waals surface area contributed by atoms with Gasteiger partial charge in [0.15, 0.2) is 0 Å². The molecule has 1 saturated carbocycles. The lowest BCUT2D eigenvalue weighted by atomic mass is 9.87. The Balaban J connectivity index is 1.96. The molecule has 4 heteroatoms. The lowest BCUT2D eigenvalue weighted by Crippen LogP contribution is -2.46. The summed E-state index contributed by atoms with van der Waals surface area (Å²) in [6.45, 7) is 2.19. The Bertz CT molecular complexity index is 220. The van der Waals surface area contributed by atoms with E-state index in [1.807, 2.05) is 0 Å². The first kappa shape index (κ1) is 9.93. The molecule has 0 aromatic heterocycles. The minimum atomic E-state index is -0.308. The highest BCUT2D eigenvalue weighted by Gasteiger charge is 2.42. The zero-order chi connectivity index (χ0) is 10.0. The van der Waals surface area contributed by atoms with E-state index in [0.29, 0.717) is 12.6 Å². The van der Waals surface area contributed by atoms with Crippen molar-refractivity contribution in [2.24, 2.45) is 5.41 Å². The van der Waals surface area contributed by atoms with Crippen molar-refractivity contribution in [2.45, 2.75) is 25.3 Å². The van der Waals surface area contributed by atoms with E-state index in [9.17, 15) is 4.79 Å². The normalized spacial score (nSPS) is 31.8. The van der Waals surface area contributed by atoms with Gasteiger partial charge in [0.2, 0.25) is 5.91 Å². The lowest BCUT2D eigenvalue weighted by Gasteiger charge is -2.25. The molecule has 0 spiro atoms. The molecule has 2 rings (SSSR count). The Morgan fingerprint density at radius 3 is 2.93 bits per heavy atom. The van der Waals surface area contributed by atoms with Crippen molar-refractivity contribution in [1.29, 1.82) is 0 Å². The average molecular weight is 198 g/mol. The van der Waals surface area contributed by atoms with Gasteiger partial charge in [-0.1, -0.05) is 0 Å². The summed E-state index contributed by atoms with van der Waals surface area (Å²) in [7, 11) is 1.66. The van der Waals surface area contributed by atoms with Crippen LogP contribution in [0.2, 0.25) is 0 Å². The van der Waals surface area contributed by atoms with Gasteiger partial charge in [-0.15, -0.1) is 0 Å². The maximum Gasteiger partial charge on any atom is 0.230 e. The molecule has 0 unspecified atom stereocenters. The summed E-state index contributed by atoms with van der Waals surface area (Å²) >= 11 is 0. The molecule has 0 aromatic rings. The monoisotopic (exact) mass is 198 g/mol. The topological polar surface area (TPSA) is 50.4 Å². The van der Waals surface area contributed by atoms with E-state index in [2.05, 4.69) is 10.6 Å². The Labute approximate surface area is 84.4 Å². The van der Waals surface area contributed by atoms with Gasteiger partial charge in [-0.05, 0) is 25.8 Å². The summed E-state index contributed by atoms with van der Waals surface area (Å²) in [6, 6.07) is 0.442. The van der Waals surface area contributed by atoms with Crippen LogP contribution in [-0.2, 0) is 9.53 Å². The van der Waals surface area contributed by atoms with E-state index in [0.717, 1.165) is 32.4 Å². The van der Waals surface area contributed by atoms with Gasteiger partial charge in [0.05, 0.1) is 12.0 Å². The third-order valence-electron chi connectivity index (χ3n) is 3.06. The summed E-state index contributed by atoms with van der Waals surface area (Å²) < 4.78 is 5.15. The molecular weight excluding hydrogens is 180 g/mol. The molecule has 2 fully saturated rings. The number of hydrogen-bond donors (Lipinski definition) is 2. The van der Waals surface area contributed by atoms with E-state index < -0.39 is 0 Å². The van der Waals surface area contributed by atoms with Gasteiger partial charge in [-0.3, -0.25) is 4.79 Å². The van der Waals surface area contributed by atoms with Gasteiger partial charge >= 0.3 is 0 Å². The van der Waals surface area contributed by atoms with E-state index in [1.165, 1.54) is 0 Å². The number of rotatable bonds is 4. The summed E-state index contributed by atoms with van der Waals surface area (Å²) in [4.78, 5) is 12.0. The van der Waals surface area contributed by atoms with Gasteiger partial charge in [-0.25, -0.2) is 0 Å². The second-order valence-corrected chi connectivity index (χ2v) is 4.39. The molecule has 1 heterocycles. The molecule has 0 aromatic carbocycles. The number of nitrogens with one attached hydrogen (secondary N) is 2. The fraction of sp³-hybridized carbons (Fsp3) is 0.900. The number of hydrogen-bond acceptors (Lipinski definition) is 3. The Morgan fingerprint density at radius 1 is 1.64 bits per heavy atom. The van der Waals surface area contributed by atoms with Crippen molar-refractivity contribution in [3.63, 3.8) is 0 Å². The zero-order valence-electron chi connectivity index (χ0n) is 8.64. The fourth-order valence-corrected chi connectivity index (χ4v) is 1.97. The smallest absolute Gasteiger partial charge is 0.230 e. The SMILES string of the molecule is COC[C@@]1(C(=O)NC2CC2)CCNC1. The number of carbonyl (C=O) groups is 1. The maximum absolute atomic E-state index is 12.0. The summed E-state index contributed by atoms with van der Waals surface area (Å²) in [5.74, 6) is 0.173. The summed E-state index contributed by atoms with van der Waals surface area (Å²) in [6.07, 6.45) is 3.17.